The molecule has 0 bridgehead atoms. The van der Waals surface area contributed by atoms with Crippen LogP contribution in [0.5, 0.6) is 0 Å². The van der Waals surface area contributed by atoms with Gasteiger partial charge in [0.1, 0.15) is 0 Å². The summed E-state index contributed by atoms with van der Waals surface area (Å²) in [5, 5.41) is 14.2. The van der Waals surface area contributed by atoms with Crippen molar-refractivity contribution in [1.82, 2.24) is 0 Å². The van der Waals surface area contributed by atoms with Crippen LogP contribution in [0.15, 0.2) is 199 Å². The van der Waals surface area contributed by atoms with Gasteiger partial charge in [-0.25, -0.2) is 0 Å². The lowest BCUT2D eigenvalue weighted by Gasteiger charge is -2.49. The predicted octanol–water partition coefficient (Wildman–Crippen LogP) is 12.6. The van der Waals surface area contributed by atoms with Gasteiger partial charge >= 0.3 is 0 Å². The molecule has 2 heterocycles. The average Bonchev–Trinajstić information content (AvgIpc) is 3.34. The first-order chi connectivity index (χ1) is 32.3. The third-order valence-electron chi connectivity index (χ3n) is 13.6. The van der Waals surface area contributed by atoms with E-state index in [1.54, 1.807) is 0 Å². The molecule has 0 spiro atoms. The summed E-state index contributed by atoms with van der Waals surface area (Å²) in [5.74, 6) is 0.545. The van der Waals surface area contributed by atoms with Gasteiger partial charge in [-0.15, -0.1) is 0 Å². The van der Waals surface area contributed by atoms with Gasteiger partial charge in [0.2, 0.25) is 0 Å². The van der Waals surface area contributed by atoms with Gasteiger partial charge in [-0.1, -0.05) is 190 Å². The molecule has 0 radical (unpaired) electrons. The summed E-state index contributed by atoms with van der Waals surface area (Å²) < 4.78 is 1.14. The molecular formula is C62H52BrN3. The molecule has 4 aliphatic rings. The van der Waals surface area contributed by atoms with Crippen molar-refractivity contribution in [3.8, 4) is 0 Å². The molecule has 4 atom stereocenters. The maximum atomic E-state index is 3.75. The van der Waals surface area contributed by atoms with E-state index in [0.29, 0.717) is 12.0 Å². The number of anilines is 5. The molecular weight excluding hydrogens is 867 g/mol. The smallest absolute Gasteiger partial charge is 0.0775 e. The molecule has 0 fully saturated rings. The summed E-state index contributed by atoms with van der Waals surface area (Å²) in [6.07, 6.45) is 10.9. The molecule has 0 saturated carbocycles. The molecule has 66 heavy (non-hydrogen) atoms. The van der Waals surface area contributed by atoms with Crippen LogP contribution in [-0.2, 0) is 6.42 Å². The summed E-state index contributed by atoms with van der Waals surface area (Å²) in [5.41, 5.74) is 11.5. The molecule has 9 aromatic carbocycles. The Hall–Kier alpha value is -7.14. The highest BCUT2D eigenvalue weighted by Gasteiger charge is 2.40. The first-order valence-corrected chi connectivity index (χ1v) is 23.9. The van der Waals surface area contributed by atoms with Gasteiger partial charge < -0.3 is 15.1 Å². The zero-order valence-electron chi connectivity index (χ0n) is 37.6. The lowest BCUT2D eigenvalue weighted by molar-refractivity contribution is 0.624. The van der Waals surface area contributed by atoms with Crippen LogP contribution in [0.3, 0.4) is 0 Å². The molecule has 2 aliphatic heterocycles. The number of nitrogens with zero attached hydrogens (tertiary/aromatic N) is 2. The van der Waals surface area contributed by atoms with Crippen molar-refractivity contribution in [3.05, 3.63) is 242 Å². The Morgan fingerprint density at radius 2 is 0.818 bits per heavy atom. The standard InChI is InChI=1S/C34H28N2.C21H17N.C7H7Br/c1-23-11-15-29(16-12-23)35-31-19-25-7-3-5-9-27(25)21-33(31)36(30-17-13-24(2)14-18-30)34-22-28-10-6-4-8-26(28)20-32(34)35;1-3-7-16-12-20-18(9-14(16)5-1)11-19-10-15-6-2-4-8-17(15)13-21(19)22-20;1-6-2-4-7(8)5-3-6/h3-22,31,33H,1-2H3;1-10,12-13,18,20,22H,11H2;2-5H,1H3. The van der Waals surface area contributed by atoms with E-state index in [1.165, 1.54) is 93.1 Å². The van der Waals surface area contributed by atoms with Gasteiger partial charge in [0, 0.05) is 27.5 Å². The second kappa shape index (κ2) is 17.7. The Morgan fingerprint density at radius 3 is 1.29 bits per heavy atom. The van der Waals surface area contributed by atoms with E-state index in [1.807, 2.05) is 12.1 Å². The third kappa shape index (κ3) is 8.23. The first-order valence-electron chi connectivity index (χ1n) is 23.1. The van der Waals surface area contributed by atoms with Gasteiger partial charge in [0.05, 0.1) is 29.5 Å². The fraction of sp³-hybridized carbons (Fsp3) is 0.129. The van der Waals surface area contributed by atoms with Crippen molar-refractivity contribution in [2.45, 2.75) is 45.3 Å². The monoisotopic (exact) mass is 917 g/mol. The van der Waals surface area contributed by atoms with Crippen LogP contribution in [0.4, 0.5) is 28.4 Å². The van der Waals surface area contributed by atoms with Crippen molar-refractivity contribution >= 4 is 90.2 Å². The van der Waals surface area contributed by atoms with E-state index in [2.05, 4.69) is 258 Å². The van der Waals surface area contributed by atoms with E-state index in [9.17, 15) is 0 Å². The molecule has 9 aromatic rings. The summed E-state index contributed by atoms with van der Waals surface area (Å²) in [6.45, 7) is 6.38. The highest BCUT2D eigenvalue weighted by atomic mass is 79.9. The van der Waals surface area contributed by atoms with Crippen molar-refractivity contribution in [1.29, 1.82) is 0 Å². The van der Waals surface area contributed by atoms with Crippen LogP contribution in [0.1, 0.15) is 22.3 Å². The van der Waals surface area contributed by atoms with Crippen LogP contribution in [0.2, 0.25) is 0 Å². The highest BCUT2D eigenvalue weighted by Crippen LogP contribution is 2.49. The van der Waals surface area contributed by atoms with Gasteiger partial charge in [0.15, 0.2) is 0 Å². The molecule has 4 heteroatoms. The largest absolute Gasteiger partial charge is 0.378 e. The minimum Gasteiger partial charge on any atom is -0.378 e. The molecule has 1 N–H and O–H groups in total. The zero-order chi connectivity index (χ0) is 44.7. The van der Waals surface area contributed by atoms with Gasteiger partial charge in [-0.3, -0.25) is 0 Å². The summed E-state index contributed by atoms with van der Waals surface area (Å²) in [6, 6.07) is 71.0. The third-order valence-corrected chi connectivity index (χ3v) is 14.1. The summed E-state index contributed by atoms with van der Waals surface area (Å²) in [4.78, 5) is 5.09. The molecule has 4 unspecified atom stereocenters. The van der Waals surface area contributed by atoms with Crippen LogP contribution in [0.25, 0.3) is 45.8 Å². The maximum Gasteiger partial charge on any atom is 0.0775 e. The van der Waals surface area contributed by atoms with Crippen molar-refractivity contribution in [3.63, 3.8) is 0 Å². The first kappa shape index (κ1) is 41.6. The lowest BCUT2D eigenvalue weighted by atomic mass is 9.83. The fourth-order valence-electron chi connectivity index (χ4n) is 10.1. The number of rotatable bonds is 2. The van der Waals surface area contributed by atoms with Crippen molar-refractivity contribution in [2.24, 2.45) is 5.92 Å². The highest BCUT2D eigenvalue weighted by molar-refractivity contribution is 9.10. The second-order valence-corrected chi connectivity index (χ2v) is 19.1. The number of fused-ring (bicyclic) bond motifs is 8. The van der Waals surface area contributed by atoms with Crippen LogP contribution in [0, 0.1) is 26.7 Å². The topological polar surface area (TPSA) is 18.5 Å². The Kier molecular flexibility index (Phi) is 11.1. The van der Waals surface area contributed by atoms with Gasteiger partial charge in [-0.05, 0) is 136 Å². The Labute approximate surface area is 396 Å². The quantitative estimate of drug-likeness (QED) is 0.186. The summed E-state index contributed by atoms with van der Waals surface area (Å²) in [7, 11) is 0. The van der Waals surface area contributed by atoms with E-state index >= 15 is 0 Å². The SMILES string of the molecule is C1=c2ccccc2=CC2Nc3cc4ccccc4cc3CC12.Cc1ccc(Br)cc1.Cc1ccc(N2c3cc4ccccc4cc3N(c3ccc(C)cc3)C3C=c4ccccc4=CC32)cc1. The van der Waals surface area contributed by atoms with Gasteiger partial charge in [-0.2, -0.15) is 0 Å². The number of aryl methyl sites for hydroxylation is 3. The predicted molar refractivity (Wildman–Crippen MR) is 285 cm³/mol. The number of nitrogens with one attached hydrogen (secondary N) is 1. The normalized spacial score (nSPS) is 18.2. The average molecular weight is 919 g/mol. The Balaban J connectivity index is 0.000000135. The number of hydrogen-bond donors (Lipinski definition) is 1. The minimum absolute atomic E-state index is 0.151. The molecule has 13 rings (SSSR count). The van der Waals surface area contributed by atoms with Crippen LogP contribution < -0.4 is 36.0 Å². The fourth-order valence-corrected chi connectivity index (χ4v) is 10.4. The van der Waals surface area contributed by atoms with Crippen LogP contribution >= 0.6 is 15.9 Å². The van der Waals surface area contributed by atoms with E-state index in [-0.39, 0.29) is 12.1 Å². The van der Waals surface area contributed by atoms with Gasteiger partial charge in [0.25, 0.3) is 0 Å². The maximum absolute atomic E-state index is 3.75. The number of benzene rings is 9. The molecule has 3 nitrogen and oxygen atoms in total. The molecule has 322 valence electrons. The Bertz CT molecular complexity index is 3270. The number of halogens is 1. The summed E-state index contributed by atoms with van der Waals surface area (Å²) >= 11 is 3.35. The molecule has 2 aliphatic carbocycles. The lowest BCUT2D eigenvalue weighted by Crippen LogP contribution is -2.55. The van der Waals surface area contributed by atoms with E-state index < -0.39 is 0 Å². The Morgan fingerprint density at radius 1 is 0.424 bits per heavy atom. The molecule has 0 saturated heterocycles. The van der Waals surface area contributed by atoms with E-state index in [0.717, 1.165) is 10.9 Å². The molecule has 0 amide bonds. The van der Waals surface area contributed by atoms with Crippen molar-refractivity contribution < 1.29 is 0 Å². The van der Waals surface area contributed by atoms with Crippen LogP contribution in [-0.4, -0.2) is 18.1 Å². The second-order valence-electron chi connectivity index (χ2n) is 18.2. The minimum atomic E-state index is 0.151. The van der Waals surface area contributed by atoms with E-state index in [4.69, 9.17) is 0 Å². The van der Waals surface area contributed by atoms with Crippen molar-refractivity contribution in [2.75, 3.05) is 15.1 Å². The number of hydrogen-bond acceptors (Lipinski definition) is 3. The molecule has 0 aromatic heterocycles. The zero-order valence-corrected chi connectivity index (χ0v) is 39.2.